The summed E-state index contributed by atoms with van der Waals surface area (Å²) in [7, 11) is 2.08. The summed E-state index contributed by atoms with van der Waals surface area (Å²) in [5.41, 5.74) is 0.0124. The number of nitrogens with one attached hydrogen (secondary N) is 1. The molecule has 0 aromatic rings. The summed E-state index contributed by atoms with van der Waals surface area (Å²) in [6.45, 7) is 7.40. The van der Waals surface area contributed by atoms with Crippen molar-refractivity contribution in [2.45, 2.75) is 64.5 Å². The Morgan fingerprint density at radius 3 is 2.33 bits per heavy atom. The molecule has 0 spiro atoms. The van der Waals surface area contributed by atoms with Gasteiger partial charge in [0.15, 0.2) is 0 Å². The van der Waals surface area contributed by atoms with Crippen LogP contribution in [0.1, 0.15) is 52.9 Å². The van der Waals surface area contributed by atoms with Gasteiger partial charge in [0.05, 0.1) is 5.60 Å². The van der Waals surface area contributed by atoms with E-state index in [1.165, 1.54) is 25.7 Å². The Morgan fingerprint density at radius 2 is 1.93 bits per heavy atom. The Labute approximate surface area is 94.8 Å². The van der Waals surface area contributed by atoms with Crippen molar-refractivity contribution < 1.29 is 4.74 Å². The largest absolute Gasteiger partial charge is 0.374 e. The van der Waals surface area contributed by atoms with Crippen molar-refractivity contribution in [1.29, 1.82) is 0 Å². The third-order valence-electron chi connectivity index (χ3n) is 4.02. The van der Waals surface area contributed by atoms with Crippen LogP contribution in [0.25, 0.3) is 0 Å². The smallest absolute Gasteiger partial charge is 0.0806 e. The summed E-state index contributed by atoms with van der Waals surface area (Å²) in [4.78, 5) is 0. The maximum absolute atomic E-state index is 5.98. The molecule has 1 fully saturated rings. The topological polar surface area (TPSA) is 21.3 Å². The van der Waals surface area contributed by atoms with E-state index >= 15 is 0 Å². The van der Waals surface area contributed by atoms with Crippen LogP contribution < -0.4 is 5.32 Å². The Bertz CT molecular complexity index is 177. The van der Waals surface area contributed by atoms with Crippen molar-refractivity contribution in [3.63, 3.8) is 0 Å². The lowest BCUT2D eigenvalue weighted by Crippen LogP contribution is -2.52. The second-order valence-electron chi connectivity index (χ2n) is 4.91. The Morgan fingerprint density at radius 1 is 1.33 bits per heavy atom. The van der Waals surface area contributed by atoms with E-state index in [4.69, 9.17) is 4.74 Å². The second-order valence-corrected chi connectivity index (χ2v) is 4.91. The van der Waals surface area contributed by atoms with Crippen LogP contribution in [-0.4, -0.2) is 25.3 Å². The zero-order chi connectivity index (χ0) is 11.3. The predicted octanol–water partition coefficient (Wildman–Crippen LogP) is 2.97. The maximum Gasteiger partial charge on any atom is 0.0806 e. The molecule has 90 valence electrons. The van der Waals surface area contributed by atoms with Gasteiger partial charge >= 0.3 is 0 Å². The first-order chi connectivity index (χ1) is 7.18. The molecule has 0 aromatic heterocycles. The SMILES string of the molecule is CCOC(C)(CC)C(NC)C1CCCC1. The summed E-state index contributed by atoms with van der Waals surface area (Å²) in [5, 5.41) is 3.50. The van der Waals surface area contributed by atoms with E-state index in [1.807, 2.05) is 0 Å². The zero-order valence-corrected chi connectivity index (χ0v) is 10.8. The molecule has 0 aromatic carbocycles. The van der Waals surface area contributed by atoms with Crippen LogP contribution in [0.5, 0.6) is 0 Å². The number of hydrogen-bond acceptors (Lipinski definition) is 2. The van der Waals surface area contributed by atoms with E-state index in [-0.39, 0.29) is 5.60 Å². The Kier molecular flexibility index (Phi) is 5.07. The van der Waals surface area contributed by atoms with Gasteiger partial charge in [0.25, 0.3) is 0 Å². The van der Waals surface area contributed by atoms with E-state index in [0.717, 1.165) is 18.9 Å². The molecule has 0 aliphatic heterocycles. The zero-order valence-electron chi connectivity index (χ0n) is 10.8. The monoisotopic (exact) mass is 213 g/mol. The molecular weight excluding hydrogens is 186 g/mol. The van der Waals surface area contributed by atoms with Crippen LogP contribution in [0, 0.1) is 5.92 Å². The fourth-order valence-corrected chi connectivity index (χ4v) is 3.07. The molecule has 0 heterocycles. The van der Waals surface area contributed by atoms with Gasteiger partial charge in [-0.05, 0) is 46.1 Å². The molecule has 0 saturated heterocycles. The molecule has 1 N–H and O–H groups in total. The maximum atomic E-state index is 5.98. The lowest BCUT2D eigenvalue weighted by atomic mass is 9.82. The normalized spacial score (nSPS) is 24.0. The lowest BCUT2D eigenvalue weighted by molar-refractivity contribution is -0.0669. The van der Waals surface area contributed by atoms with E-state index in [2.05, 4.69) is 33.1 Å². The van der Waals surface area contributed by atoms with Crippen molar-refractivity contribution in [3.05, 3.63) is 0 Å². The molecule has 2 unspecified atom stereocenters. The lowest BCUT2D eigenvalue weighted by Gasteiger charge is -2.40. The van der Waals surface area contributed by atoms with Crippen molar-refractivity contribution in [3.8, 4) is 0 Å². The molecule has 2 atom stereocenters. The van der Waals surface area contributed by atoms with E-state index < -0.39 is 0 Å². The van der Waals surface area contributed by atoms with Gasteiger partial charge in [0.1, 0.15) is 0 Å². The molecule has 1 aliphatic carbocycles. The van der Waals surface area contributed by atoms with E-state index in [9.17, 15) is 0 Å². The van der Waals surface area contributed by atoms with Gasteiger partial charge in [-0.25, -0.2) is 0 Å². The summed E-state index contributed by atoms with van der Waals surface area (Å²) in [6.07, 6.45) is 6.62. The van der Waals surface area contributed by atoms with Crippen molar-refractivity contribution >= 4 is 0 Å². The fraction of sp³-hybridized carbons (Fsp3) is 1.00. The van der Waals surface area contributed by atoms with Crippen molar-refractivity contribution in [2.75, 3.05) is 13.7 Å². The second kappa shape index (κ2) is 5.86. The molecule has 1 saturated carbocycles. The van der Waals surface area contributed by atoms with Gasteiger partial charge in [-0.1, -0.05) is 19.8 Å². The molecule has 0 bridgehead atoms. The summed E-state index contributed by atoms with van der Waals surface area (Å²) in [6, 6.07) is 0.518. The molecule has 2 heteroatoms. The molecular formula is C13H27NO. The van der Waals surface area contributed by atoms with Gasteiger partial charge in [-0.2, -0.15) is 0 Å². The van der Waals surface area contributed by atoms with Gasteiger partial charge in [-0.3, -0.25) is 0 Å². The summed E-state index contributed by atoms with van der Waals surface area (Å²) < 4.78 is 5.98. The van der Waals surface area contributed by atoms with Crippen LogP contribution in [0.3, 0.4) is 0 Å². The van der Waals surface area contributed by atoms with Crippen LogP contribution in [0.2, 0.25) is 0 Å². The van der Waals surface area contributed by atoms with Gasteiger partial charge in [0.2, 0.25) is 0 Å². The number of hydrogen-bond donors (Lipinski definition) is 1. The third-order valence-corrected chi connectivity index (χ3v) is 4.02. The minimum absolute atomic E-state index is 0.0124. The summed E-state index contributed by atoms with van der Waals surface area (Å²) >= 11 is 0. The highest BCUT2D eigenvalue weighted by atomic mass is 16.5. The fourth-order valence-electron chi connectivity index (χ4n) is 3.07. The molecule has 1 rings (SSSR count). The van der Waals surface area contributed by atoms with Gasteiger partial charge in [0, 0.05) is 12.6 Å². The first-order valence-corrected chi connectivity index (χ1v) is 6.49. The van der Waals surface area contributed by atoms with Crippen LogP contribution in [-0.2, 0) is 4.74 Å². The van der Waals surface area contributed by atoms with E-state index in [1.54, 1.807) is 0 Å². The Balaban J connectivity index is 2.68. The van der Waals surface area contributed by atoms with Gasteiger partial charge in [-0.15, -0.1) is 0 Å². The summed E-state index contributed by atoms with van der Waals surface area (Å²) in [5.74, 6) is 0.812. The van der Waals surface area contributed by atoms with Crippen molar-refractivity contribution in [1.82, 2.24) is 5.32 Å². The predicted molar refractivity (Wildman–Crippen MR) is 65.1 cm³/mol. The first-order valence-electron chi connectivity index (χ1n) is 6.49. The average molecular weight is 213 g/mol. The molecule has 0 radical (unpaired) electrons. The van der Waals surface area contributed by atoms with Crippen molar-refractivity contribution in [2.24, 2.45) is 5.92 Å². The average Bonchev–Trinajstić information content (AvgIpc) is 2.72. The molecule has 1 aliphatic rings. The molecule has 2 nitrogen and oxygen atoms in total. The van der Waals surface area contributed by atoms with Gasteiger partial charge < -0.3 is 10.1 Å². The van der Waals surface area contributed by atoms with E-state index in [0.29, 0.717) is 6.04 Å². The molecule has 15 heavy (non-hydrogen) atoms. The number of likely N-dealkylation sites (N-methyl/N-ethyl adjacent to an activating group) is 1. The third kappa shape index (κ3) is 2.94. The van der Waals surface area contributed by atoms with Crippen LogP contribution in [0.15, 0.2) is 0 Å². The molecule has 0 amide bonds. The minimum atomic E-state index is 0.0124. The van der Waals surface area contributed by atoms with Crippen LogP contribution >= 0.6 is 0 Å². The standard InChI is InChI=1S/C13H27NO/c1-5-13(3,15-6-2)12(14-4)11-9-7-8-10-11/h11-12,14H,5-10H2,1-4H3. The minimum Gasteiger partial charge on any atom is -0.374 e. The Hall–Kier alpha value is -0.0800. The quantitative estimate of drug-likeness (QED) is 0.732. The first kappa shape index (κ1) is 13.0. The highest BCUT2D eigenvalue weighted by Crippen LogP contribution is 2.35. The highest BCUT2D eigenvalue weighted by molar-refractivity contribution is 4.94. The number of rotatable bonds is 6. The number of ether oxygens (including phenoxy) is 1. The highest BCUT2D eigenvalue weighted by Gasteiger charge is 2.38. The van der Waals surface area contributed by atoms with Crippen LogP contribution in [0.4, 0.5) is 0 Å².